The Morgan fingerprint density at radius 1 is 0.862 bits per heavy atom. The maximum absolute atomic E-state index is 13.0. The number of sulfonamides is 1. The summed E-state index contributed by atoms with van der Waals surface area (Å²) in [4.78, 5) is 16.2. The van der Waals surface area contributed by atoms with Crippen LogP contribution in [0.1, 0.15) is 24.0 Å². The fourth-order valence-corrected chi connectivity index (χ4v) is 5.37. The van der Waals surface area contributed by atoms with Crippen molar-refractivity contribution in [2.75, 3.05) is 37.6 Å². The number of benzene rings is 2. The molecule has 2 heterocycles. The van der Waals surface area contributed by atoms with Gasteiger partial charge in [-0.3, -0.25) is 9.69 Å². The second-order valence-corrected chi connectivity index (χ2v) is 9.75. The Morgan fingerprint density at radius 3 is 2.10 bits per heavy atom. The van der Waals surface area contributed by atoms with Crippen molar-refractivity contribution in [3.63, 3.8) is 0 Å². The lowest BCUT2D eigenvalue weighted by molar-refractivity contribution is -0.117. The summed E-state index contributed by atoms with van der Waals surface area (Å²) < 4.78 is 27.6. The SMILES string of the molecule is Cc1ccc(CN2CCN(S(=O)(=O)c3ccc(N4CCCC4=O)cc3)CC2)cc1. The molecule has 2 aromatic rings. The molecule has 4 rings (SSSR count). The molecule has 0 bridgehead atoms. The first-order valence-electron chi connectivity index (χ1n) is 10.1. The molecule has 0 N–H and O–H groups in total. The Labute approximate surface area is 172 Å². The highest BCUT2D eigenvalue weighted by molar-refractivity contribution is 7.89. The average Bonchev–Trinajstić information content (AvgIpc) is 3.16. The minimum Gasteiger partial charge on any atom is -0.312 e. The predicted octanol–water partition coefficient (Wildman–Crippen LogP) is 2.63. The number of nitrogens with zero attached hydrogens (tertiary/aromatic N) is 3. The first kappa shape index (κ1) is 20.1. The van der Waals surface area contributed by atoms with Crippen LogP contribution in [0.4, 0.5) is 5.69 Å². The molecule has 2 saturated heterocycles. The van der Waals surface area contributed by atoms with Gasteiger partial charge in [-0.05, 0) is 43.2 Å². The van der Waals surface area contributed by atoms with Gasteiger partial charge in [-0.25, -0.2) is 8.42 Å². The summed E-state index contributed by atoms with van der Waals surface area (Å²) in [6.07, 6.45) is 1.42. The summed E-state index contributed by atoms with van der Waals surface area (Å²) in [5, 5.41) is 0. The first-order valence-corrected chi connectivity index (χ1v) is 11.6. The number of amides is 1. The van der Waals surface area contributed by atoms with Gasteiger partial charge in [0, 0.05) is 51.4 Å². The molecule has 6 nitrogen and oxygen atoms in total. The van der Waals surface area contributed by atoms with Crippen molar-refractivity contribution in [2.24, 2.45) is 0 Å². The smallest absolute Gasteiger partial charge is 0.243 e. The lowest BCUT2D eigenvalue weighted by Crippen LogP contribution is -2.48. The quantitative estimate of drug-likeness (QED) is 0.756. The van der Waals surface area contributed by atoms with Crippen molar-refractivity contribution in [3.8, 4) is 0 Å². The molecule has 0 atom stereocenters. The Balaban J connectivity index is 1.38. The van der Waals surface area contributed by atoms with Crippen LogP contribution >= 0.6 is 0 Å². The van der Waals surface area contributed by atoms with Crippen LogP contribution < -0.4 is 4.90 Å². The van der Waals surface area contributed by atoms with Gasteiger partial charge in [-0.15, -0.1) is 0 Å². The third-order valence-corrected chi connectivity index (χ3v) is 7.63. The highest BCUT2D eigenvalue weighted by Gasteiger charge is 2.29. The number of carbonyl (C=O) groups is 1. The van der Waals surface area contributed by atoms with E-state index in [1.165, 1.54) is 11.1 Å². The average molecular weight is 414 g/mol. The van der Waals surface area contributed by atoms with Crippen LogP contribution in [0.5, 0.6) is 0 Å². The fraction of sp³-hybridized carbons (Fsp3) is 0.409. The third-order valence-electron chi connectivity index (χ3n) is 5.72. The van der Waals surface area contributed by atoms with E-state index < -0.39 is 10.0 Å². The molecule has 2 aliphatic heterocycles. The number of carbonyl (C=O) groups excluding carboxylic acids is 1. The van der Waals surface area contributed by atoms with E-state index in [1.54, 1.807) is 33.5 Å². The van der Waals surface area contributed by atoms with Gasteiger partial charge < -0.3 is 4.90 Å². The standard InChI is InChI=1S/C22H27N3O3S/c1-18-4-6-19(7-5-18)17-23-13-15-24(16-14-23)29(27,28)21-10-8-20(9-11-21)25-12-2-3-22(25)26/h4-11H,2-3,12-17H2,1H3. The van der Waals surface area contributed by atoms with Crippen molar-refractivity contribution >= 4 is 21.6 Å². The normalized spacial score (nSPS) is 19.1. The van der Waals surface area contributed by atoms with E-state index >= 15 is 0 Å². The molecular weight excluding hydrogens is 386 g/mol. The number of hydrogen-bond acceptors (Lipinski definition) is 4. The molecular formula is C22H27N3O3S. The minimum atomic E-state index is -3.51. The minimum absolute atomic E-state index is 0.102. The van der Waals surface area contributed by atoms with Crippen molar-refractivity contribution in [1.82, 2.24) is 9.21 Å². The van der Waals surface area contributed by atoms with Gasteiger partial charge in [-0.2, -0.15) is 4.31 Å². The van der Waals surface area contributed by atoms with Crippen LogP contribution in [0, 0.1) is 6.92 Å². The molecule has 2 fully saturated rings. The van der Waals surface area contributed by atoms with E-state index in [1.807, 2.05) is 0 Å². The van der Waals surface area contributed by atoms with Crippen LogP contribution in [-0.4, -0.2) is 56.3 Å². The number of anilines is 1. The van der Waals surface area contributed by atoms with Crippen LogP contribution in [-0.2, 0) is 21.4 Å². The number of hydrogen-bond donors (Lipinski definition) is 0. The summed E-state index contributed by atoms with van der Waals surface area (Å²) in [5.41, 5.74) is 3.26. The largest absolute Gasteiger partial charge is 0.312 e. The molecule has 0 saturated carbocycles. The first-order chi connectivity index (χ1) is 13.9. The number of rotatable bonds is 5. The van der Waals surface area contributed by atoms with Crippen LogP contribution in [0.25, 0.3) is 0 Å². The van der Waals surface area contributed by atoms with Gasteiger partial charge in [0.1, 0.15) is 0 Å². The molecule has 29 heavy (non-hydrogen) atoms. The summed E-state index contributed by atoms with van der Waals surface area (Å²) in [5.74, 6) is 0.102. The highest BCUT2D eigenvalue weighted by Crippen LogP contribution is 2.25. The molecule has 2 aromatic carbocycles. The van der Waals surface area contributed by atoms with Gasteiger partial charge >= 0.3 is 0 Å². The molecule has 2 aliphatic rings. The Bertz CT molecular complexity index is 963. The second kappa shape index (κ2) is 8.26. The van der Waals surface area contributed by atoms with E-state index in [-0.39, 0.29) is 5.91 Å². The van der Waals surface area contributed by atoms with Gasteiger partial charge in [0.05, 0.1) is 4.90 Å². The highest BCUT2D eigenvalue weighted by atomic mass is 32.2. The molecule has 154 valence electrons. The molecule has 1 amide bonds. The van der Waals surface area contributed by atoms with Crippen molar-refractivity contribution in [2.45, 2.75) is 31.2 Å². The Morgan fingerprint density at radius 2 is 1.52 bits per heavy atom. The fourth-order valence-electron chi connectivity index (χ4n) is 3.95. The van der Waals surface area contributed by atoms with Gasteiger partial charge in [0.25, 0.3) is 0 Å². The number of piperazine rings is 1. The zero-order chi connectivity index (χ0) is 20.4. The van der Waals surface area contributed by atoms with Crippen molar-refractivity contribution < 1.29 is 13.2 Å². The summed E-state index contributed by atoms with van der Waals surface area (Å²) >= 11 is 0. The van der Waals surface area contributed by atoms with Crippen molar-refractivity contribution in [3.05, 3.63) is 59.7 Å². The molecule has 0 aromatic heterocycles. The van der Waals surface area contributed by atoms with Gasteiger partial charge in [-0.1, -0.05) is 29.8 Å². The topological polar surface area (TPSA) is 60.9 Å². The zero-order valence-electron chi connectivity index (χ0n) is 16.8. The predicted molar refractivity (Wildman–Crippen MR) is 113 cm³/mol. The van der Waals surface area contributed by atoms with E-state index in [2.05, 4.69) is 36.1 Å². The maximum atomic E-state index is 13.0. The summed E-state index contributed by atoms with van der Waals surface area (Å²) in [6.45, 7) is 6.02. The van der Waals surface area contributed by atoms with E-state index in [4.69, 9.17) is 0 Å². The molecule has 0 unspecified atom stereocenters. The summed E-state index contributed by atoms with van der Waals surface area (Å²) in [6, 6.07) is 15.2. The second-order valence-electron chi connectivity index (χ2n) is 7.81. The van der Waals surface area contributed by atoms with Gasteiger partial charge in [0.15, 0.2) is 0 Å². The van der Waals surface area contributed by atoms with Crippen LogP contribution in [0.15, 0.2) is 53.4 Å². The monoisotopic (exact) mass is 413 g/mol. The summed E-state index contributed by atoms with van der Waals surface area (Å²) in [7, 11) is -3.51. The van der Waals surface area contributed by atoms with E-state index in [0.29, 0.717) is 44.0 Å². The maximum Gasteiger partial charge on any atom is 0.243 e. The molecule has 0 spiro atoms. The molecule has 0 aliphatic carbocycles. The van der Waals surface area contributed by atoms with Gasteiger partial charge in [0.2, 0.25) is 15.9 Å². The molecule has 0 radical (unpaired) electrons. The van der Waals surface area contributed by atoms with Crippen molar-refractivity contribution in [1.29, 1.82) is 0 Å². The van der Waals surface area contributed by atoms with Crippen LogP contribution in [0.2, 0.25) is 0 Å². The lowest BCUT2D eigenvalue weighted by Gasteiger charge is -2.34. The Kier molecular flexibility index (Phi) is 5.72. The number of aryl methyl sites for hydroxylation is 1. The van der Waals surface area contributed by atoms with E-state index in [0.717, 1.165) is 18.7 Å². The zero-order valence-corrected chi connectivity index (χ0v) is 17.6. The van der Waals surface area contributed by atoms with Crippen LogP contribution in [0.3, 0.4) is 0 Å². The lowest BCUT2D eigenvalue weighted by atomic mass is 10.1. The molecule has 7 heteroatoms. The van der Waals surface area contributed by atoms with E-state index in [9.17, 15) is 13.2 Å². The third kappa shape index (κ3) is 4.37. The Hall–Kier alpha value is -2.22.